The third-order valence-electron chi connectivity index (χ3n) is 2.76. The predicted octanol–water partition coefficient (Wildman–Crippen LogP) is 3.06. The summed E-state index contributed by atoms with van der Waals surface area (Å²) in [6, 6.07) is 9.42. The molecule has 0 amide bonds. The number of anilines is 1. The van der Waals surface area contributed by atoms with E-state index in [-0.39, 0.29) is 11.4 Å². The lowest BCUT2D eigenvalue weighted by Crippen LogP contribution is -2.15. The van der Waals surface area contributed by atoms with Crippen LogP contribution in [-0.4, -0.2) is 20.5 Å². The van der Waals surface area contributed by atoms with Gasteiger partial charge in [-0.05, 0) is 24.3 Å². The Kier molecular flexibility index (Phi) is 4.53. The molecule has 9 heteroatoms. The van der Waals surface area contributed by atoms with Crippen molar-refractivity contribution < 1.29 is 18.1 Å². The molecular formula is C13H11ClN2O5S. The molecule has 116 valence electrons. The van der Waals surface area contributed by atoms with Crippen molar-refractivity contribution in [3.63, 3.8) is 0 Å². The third kappa shape index (κ3) is 3.29. The van der Waals surface area contributed by atoms with E-state index >= 15 is 0 Å². The Hall–Kier alpha value is -2.32. The highest BCUT2D eigenvalue weighted by Crippen LogP contribution is 2.31. The highest BCUT2D eigenvalue weighted by molar-refractivity contribution is 7.92. The molecule has 0 saturated carbocycles. The van der Waals surface area contributed by atoms with E-state index < -0.39 is 25.5 Å². The van der Waals surface area contributed by atoms with Gasteiger partial charge in [0.15, 0.2) is 4.90 Å². The summed E-state index contributed by atoms with van der Waals surface area (Å²) in [5.74, 6) is 0.242. The van der Waals surface area contributed by atoms with Crippen LogP contribution in [0.15, 0.2) is 47.4 Å². The summed E-state index contributed by atoms with van der Waals surface area (Å²) in [6.45, 7) is 0. The maximum Gasteiger partial charge on any atom is 0.289 e. The van der Waals surface area contributed by atoms with Crippen LogP contribution in [0.3, 0.4) is 0 Å². The van der Waals surface area contributed by atoms with Gasteiger partial charge in [-0.15, -0.1) is 0 Å². The maximum absolute atomic E-state index is 12.4. The molecule has 0 bridgehead atoms. The number of ether oxygens (including phenoxy) is 1. The van der Waals surface area contributed by atoms with Crippen molar-refractivity contribution in [3.8, 4) is 5.75 Å². The van der Waals surface area contributed by atoms with Gasteiger partial charge in [0.1, 0.15) is 5.75 Å². The summed E-state index contributed by atoms with van der Waals surface area (Å²) >= 11 is 5.83. The van der Waals surface area contributed by atoms with Crippen LogP contribution < -0.4 is 9.46 Å². The van der Waals surface area contributed by atoms with E-state index in [1.54, 1.807) is 0 Å². The number of benzene rings is 2. The van der Waals surface area contributed by atoms with Gasteiger partial charge < -0.3 is 4.74 Å². The minimum absolute atomic E-state index is 0.0909. The lowest BCUT2D eigenvalue weighted by molar-refractivity contribution is -0.387. The highest BCUT2D eigenvalue weighted by Gasteiger charge is 2.26. The number of nitrogens with one attached hydrogen (secondary N) is 1. The molecule has 1 N–H and O–H groups in total. The Morgan fingerprint density at radius 2 is 1.91 bits per heavy atom. The van der Waals surface area contributed by atoms with Crippen LogP contribution in [0.5, 0.6) is 5.75 Å². The van der Waals surface area contributed by atoms with Gasteiger partial charge in [0.25, 0.3) is 15.7 Å². The lowest BCUT2D eigenvalue weighted by atomic mass is 10.3. The van der Waals surface area contributed by atoms with Crippen molar-refractivity contribution in [3.05, 3.63) is 57.6 Å². The second-order valence-corrected chi connectivity index (χ2v) is 6.26. The Morgan fingerprint density at radius 1 is 1.23 bits per heavy atom. The molecule has 2 aromatic carbocycles. The van der Waals surface area contributed by atoms with Crippen molar-refractivity contribution in [1.82, 2.24) is 0 Å². The van der Waals surface area contributed by atoms with Gasteiger partial charge in [0, 0.05) is 11.1 Å². The summed E-state index contributed by atoms with van der Waals surface area (Å²) in [6.07, 6.45) is 0. The van der Waals surface area contributed by atoms with Gasteiger partial charge in [-0.2, -0.15) is 0 Å². The molecule has 2 aromatic rings. The van der Waals surface area contributed by atoms with Gasteiger partial charge in [-0.25, -0.2) is 8.42 Å². The largest absolute Gasteiger partial charge is 0.495 e. The van der Waals surface area contributed by atoms with Gasteiger partial charge >= 0.3 is 0 Å². The zero-order valence-corrected chi connectivity index (χ0v) is 12.9. The van der Waals surface area contributed by atoms with Crippen molar-refractivity contribution in [1.29, 1.82) is 0 Å². The number of sulfonamides is 1. The summed E-state index contributed by atoms with van der Waals surface area (Å²) in [7, 11) is -2.80. The van der Waals surface area contributed by atoms with Crippen LogP contribution >= 0.6 is 11.6 Å². The minimum atomic E-state index is -4.17. The maximum atomic E-state index is 12.4. The molecule has 0 fully saturated rings. The molecule has 0 saturated heterocycles. The summed E-state index contributed by atoms with van der Waals surface area (Å²) in [5, 5.41) is 11.3. The quantitative estimate of drug-likeness (QED) is 0.665. The zero-order chi connectivity index (χ0) is 16.3. The topological polar surface area (TPSA) is 98.5 Å². The molecule has 0 spiro atoms. The van der Waals surface area contributed by atoms with E-state index in [2.05, 4.69) is 4.72 Å². The number of rotatable bonds is 5. The summed E-state index contributed by atoms with van der Waals surface area (Å²) in [5.41, 5.74) is -0.427. The van der Waals surface area contributed by atoms with Gasteiger partial charge in [0.05, 0.1) is 17.7 Å². The number of para-hydroxylation sites is 1. The number of nitrogens with zero attached hydrogens (tertiary/aromatic N) is 1. The second kappa shape index (κ2) is 6.20. The van der Waals surface area contributed by atoms with E-state index in [0.29, 0.717) is 5.02 Å². The first kappa shape index (κ1) is 16.1. The molecule has 0 atom stereocenters. The smallest absolute Gasteiger partial charge is 0.289 e. The average molecular weight is 343 g/mol. The second-order valence-electron chi connectivity index (χ2n) is 4.17. The van der Waals surface area contributed by atoms with E-state index in [0.717, 1.165) is 12.1 Å². The van der Waals surface area contributed by atoms with E-state index in [9.17, 15) is 18.5 Å². The Labute approximate surface area is 131 Å². The van der Waals surface area contributed by atoms with E-state index in [1.165, 1.54) is 37.4 Å². The molecule has 0 heterocycles. The first-order valence-electron chi connectivity index (χ1n) is 5.95. The summed E-state index contributed by atoms with van der Waals surface area (Å²) in [4.78, 5) is 9.76. The first-order chi connectivity index (χ1) is 10.3. The molecule has 0 radical (unpaired) electrons. The van der Waals surface area contributed by atoms with Crippen molar-refractivity contribution in [2.75, 3.05) is 11.8 Å². The molecule has 2 rings (SSSR count). The van der Waals surface area contributed by atoms with Gasteiger partial charge in [-0.3, -0.25) is 14.8 Å². The molecule has 0 aliphatic rings. The monoisotopic (exact) mass is 342 g/mol. The number of nitro benzene ring substituents is 1. The third-order valence-corrected chi connectivity index (χ3v) is 4.41. The molecule has 0 unspecified atom stereocenters. The fraction of sp³-hybridized carbons (Fsp3) is 0.0769. The molecular weight excluding hydrogens is 332 g/mol. The first-order valence-corrected chi connectivity index (χ1v) is 7.81. The Morgan fingerprint density at radius 3 is 2.55 bits per heavy atom. The molecule has 0 aliphatic heterocycles. The predicted molar refractivity (Wildman–Crippen MR) is 81.9 cm³/mol. The van der Waals surface area contributed by atoms with Crippen molar-refractivity contribution >= 4 is 33.0 Å². The van der Waals surface area contributed by atoms with Gasteiger partial charge in [0.2, 0.25) is 0 Å². The van der Waals surface area contributed by atoms with E-state index in [4.69, 9.17) is 16.3 Å². The standard InChI is InChI=1S/C13H11ClN2O5S/c1-21-12-7-6-9(14)8-10(12)15-22(19,20)13-5-3-2-4-11(13)16(17)18/h2-8,15H,1H3. The number of halogens is 1. The lowest BCUT2D eigenvalue weighted by Gasteiger charge is -2.12. The normalized spacial score (nSPS) is 11.0. The Balaban J connectivity index is 2.50. The van der Waals surface area contributed by atoms with Crippen LogP contribution in [0.2, 0.25) is 5.02 Å². The number of nitro groups is 1. The van der Waals surface area contributed by atoms with Crippen LogP contribution in [0, 0.1) is 10.1 Å². The number of hydrogen-bond donors (Lipinski definition) is 1. The van der Waals surface area contributed by atoms with E-state index in [1.807, 2.05) is 0 Å². The van der Waals surface area contributed by atoms with Crippen molar-refractivity contribution in [2.45, 2.75) is 4.90 Å². The average Bonchev–Trinajstić information content (AvgIpc) is 2.47. The van der Waals surface area contributed by atoms with Crippen LogP contribution in [0.4, 0.5) is 11.4 Å². The van der Waals surface area contributed by atoms with Crippen LogP contribution in [-0.2, 0) is 10.0 Å². The fourth-order valence-electron chi connectivity index (χ4n) is 1.79. The zero-order valence-electron chi connectivity index (χ0n) is 11.3. The minimum Gasteiger partial charge on any atom is -0.495 e. The molecule has 0 aliphatic carbocycles. The molecule has 0 aromatic heterocycles. The van der Waals surface area contributed by atoms with Crippen LogP contribution in [0.25, 0.3) is 0 Å². The SMILES string of the molecule is COc1ccc(Cl)cc1NS(=O)(=O)c1ccccc1[N+](=O)[O-]. The molecule has 22 heavy (non-hydrogen) atoms. The summed E-state index contributed by atoms with van der Waals surface area (Å²) < 4.78 is 32.1. The van der Waals surface area contributed by atoms with Crippen LogP contribution in [0.1, 0.15) is 0 Å². The fourth-order valence-corrected chi connectivity index (χ4v) is 3.20. The van der Waals surface area contributed by atoms with Crippen molar-refractivity contribution in [2.24, 2.45) is 0 Å². The Bertz CT molecular complexity index is 823. The highest BCUT2D eigenvalue weighted by atomic mass is 35.5. The number of hydrogen-bond acceptors (Lipinski definition) is 5. The number of methoxy groups -OCH3 is 1. The van der Waals surface area contributed by atoms with Gasteiger partial charge in [-0.1, -0.05) is 23.7 Å². The molecule has 7 nitrogen and oxygen atoms in total.